The third-order valence-corrected chi connectivity index (χ3v) is 7.81. The van der Waals surface area contributed by atoms with Gasteiger partial charge in [-0.1, -0.05) is 35.0 Å². The highest BCUT2D eigenvalue weighted by Crippen LogP contribution is 2.43. The predicted octanol–water partition coefficient (Wildman–Crippen LogP) is 4.84. The molecule has 5 rings (SSSR count). The number of nitriles is 1. The van der Waals surface area contributed by atoms with E-state index in [-0.39, 0.29) is 27.4 Å². The summed E-state index contributed by atoms with van der Waals surface area (Å²) in [6.07, 6.45) is 3.65. The Kier molecular flexibility index (Phi) is 6.40. The van der Waals surface area contributed by atoms with Gasteiger partial charge in [0.25, 0.3) is 21.4 Å². The van der Waals surface area contributed by atoms with Crippen LogP contribution in [0.4, 0.5) is 10.2 Å². The number of halogens is 2. The van der Waals surface area contributed by atoms with Crippen LogP contribution in [0.2, 0.25) is 5.02 Å². The Labute approximate surface area is 221 Å². The molecule has 0 amide bonds. The van der Waals surface area contributed by atoms with Crippen LogP contribution in [0.15, 0.2) is 98.9 Å². The number of fused-ring (bicyclic) bond motifs is 1. The van der Waals surface area contributed by atoms with Crippen molar-refractivity contribution in [1.82, 2.24) is 9.72 Å². The Hall–Kier alpha value is -4.24. The fourth-order valence-electron chi connectivity index (χ4n) is 4.31. The first kappa shape index (κ1) is 25.4. The highest BCUT2D eigenvalue weighted by molar-refractivity contribution is 7.92. The molecule has 1 aliphatic rings. The van der Waals surface area contributed by atoms with E-state index in [0.717, 1.165) is 17.8 Å². The number of nitrogens with one attached hydrogen (secondary N) is 1. The Bertz CT molecular complexity index is 1830. The molecule has 38 heavy (non-hydrogen) atoms. The second-order valence-electron chi connectivity index (χ2n) is 8.33. The number of aromatic nitrogens is 2. The molecule has 1 N–H and O–H groups in total. The van der Waals surface area contributed by atoms with E-state index in [0.29, 0.717) is 16.0 Å². The van der Waals surface area contributed by atoms with Crippen LogP contribution in [0.1, 0.15) is 11.6 Å². The highest BCUT2D eigenvalue weighted by atomic mass is 35.5. The first-order chi connectivity index (χ1) is 18.2. The van der Waals surface area contributed by atoms with Crippen LogP contribution in [-0.2, 0) is 14.8 Å². The Balaban J connectivity index is 1.65. The maximum absolute atomic E-state index is 16.4. The lowest BCUT2D eigenvalue weighted by molar-refractivity contribution is -0.104. The van der Waals surface area contributed by atoms with Gasteiger partial charge in [0.05, 0.1) is 22.1 Å². The number of sulfonamides is 1. The number of nitrogens with zero attached hydrogens (tertiary/aromatic N) is 3. The molecule has 0 bridgehead atoms. The number of anilines is 1. The number of hydrogen-bond acceptors (Lipinski definition) is 7. The Morgan fingerprint density at radius 1 is 1.21 bits per heavy atom. The maximum atomic E-state index is 16.4. The van der Waals surface area contributed by atoms with Crippen molar-refractivity contribution in [3.8, 4) is 6.07 Å². The summed E-state index contributed by atoms with van der Waals surface area (Å²) in [5, 5.41) is 14.1. The number of alkyl halides is 1. The van der Waals surface area contributed by atoms with E-state index >= 15 is 4.39 Å². The van der Waals surface area contributed by atoms with Crippen LogP contribution in [0.3, 0.4) is 0 Å². The molecule has 0 radical (unpaired) electrons. The quantitative estimate of drug-likeness (QED) is 0.362. The minimum absolute atomic E-state index is 0.00476. The fraction of sp³-hybridized carbons (Fsp3) is 0.115. The normalized spacial score (nSPS) is 19.5. The zero-order valence-corrected chi connectivity index (χ0v) is 21.2. The second kappa shape index (κ2) is 9.57. The van der Waals surface area contributed by atoms with E-state index in [4.69, 9.17) is 16.3 Å². The maximum Gasteiger partial charge on any atom is 0.263 e. The molecule has 4 aromatic rings. The number of benzene rings is 2. The van der Waals surface area contributed by atoms with E-state index in [1.807, 2.05) is 0 Å². The molecular weight excluding hydrogens is 535 g/mol. The summed E-state index contributed by atoms with van der Waals surface area (Å²) in [7, 11) is -2.89. The van der Waals surface area contributed by atoms with Gasteiger partial charge in [0.15, 0.2) is 5.82 Å². The third kappa shape index (κ3) is 4.39. The zero-order valence-electron chi connectivity index (χ0n) is 19.6. The van der Waals surface area contributed by atoms with Gasteiger partial charge in [-0.2, -0.15) is 5.26 Å². The van der Waals surface area contributed by atoms with E-state index in [1.54, 1.807) is 24.3 Å². The molecule has 12 heteroatoms. The van der Waals surface area contributed by atoms with Gasteiger partial charge in [0, 0.05) is 35.4 Å². The Morgan fingerprint density at radius 3 is 2.68 bits per heavy atom. The number of pyridine rings is 1. The van der Waals surface area contributed by atoms with Gasteiger partial charge in [-0.05, 0) is 47.9 Å². The van der Waals surface area contributed by atoms with E-state index in [9.17, 15) is 18.5 Å². The van der Waals surface area contributed by atoms with E-state index < -0.39 is 27.5 Å². The van der Waals surface area contributed by atoms with E-state index in [1.165, 1.54) is 48.7 Å². The van der Waals surface area contributed by atoms with Gasteiger partial charge < -0.3 is 9.26 Å². The first-order valence-corrected chi connectivity index (χ1v) is 13.0. The van der Waals surface area contributed by atoms with Crippen LogP contribution >= 0.6 is 11.6 Å². The molecule has 0 saturated carbocycles. The number of rotatable bonds is 6. The number of hydrogen-bond donors (Lipinski definition) is 1. The van der Waals surface area contributed by atoms with Crippen molar-refractivity contribution >= 4 is 43.9 Å². The topological polar surface area (TPSA) is 127 Å². The lowest BCUT2D eigenvalue weighted by Crippen LogP contribution is -2.41. The minimum Gasteiger partial charge on any atom is -0.363 e. The summed E-state index contributed by atoms with van der Waals surface area (Å²) in [5.41, 5.74) is 0.387. The van der Waals surface area contributed by atoms with Crippen molar-refractivity contribution in [2.24, 2.45) is 0 Å². The monoisotopic (exact) mass is 552 g/mol. The number of ether oxygens (including phenoxy) is 1. The lowest BCUT2D eigenvalue weighted by atomic mass is 9.87. The van der Waals surface area contributed by atoms with Crippen molar-refractivity contribution in [3.05, 3.63) is 106 Å². The Morgan fingerprint density at radius 2 is 2.00 bits per heavy atom. The summed E-state index contributed by atoms with van der Waals surface area (Å²) in [6, 6.07) is 15.3. The van der Waals surface area contributed by atoms with Crippen LogP contribution in [0.25, 0.3) is 16.5 Å². The SMILES string of the molecule is COC1(F)C=C(c2ccccc2Cl)C(C#N)=CC1n1c(=O)ccc2cc(S(=O)(=O)Nc3ccon3)ccc21. The van der Waals surface area contributed by atoms with Gasteiger partial charge in [0.2, 0.25) is 0 Å². The minimum atomic E-state index is -4.04. The van der Waals surface area contributed by atoms with Crippen molar-refractivity contribution in [2.75, 3.05) is 11.8 Å². The molecule has 1 aliphatic carbocycles. The molecular formula is C26H18ClFN4O5S. The zero-order chi connectivity index (χ0) is 27.1. The number of allylic oxidation sites excluding steroid dienone is 2. The van der Waals surface area contributed by atoms with Crippen LogP contribution in [-0.4, -0.2) is 31.1 Å². The van der Waals surface area contributed by atoms with Gasteiger partial charge in [-0.15, -0.1) is 0 Å². The molecule has 2 aromatic heterocycles. The van der Waals surface area contributed by atoms with Gasteiger partial charge in [-0.25, -0.2) is 12.8 Å². The molecule has 2 atom stereocenters. The van der Waals surface area contributed by atoms with Crippen molar-refractivity contribution < 1.29 is 22.1 Å². The molecule has 192 valence electrons. The summed E-state index contributed by atoms with van der Waals surface area (Å²) < 4.78 is 55.4. The average molecular weight is 553 g/mol. The molecule has 0 aliphatic heterocycles. The molecule has 2 unspecified atom stereocenters. The van der Waals surface area contributed by atoms with Crippen LogP contribution < -0.4 is 10.3 Å². The average Bonchev–Trinajstić information content (AvgIpc) is 3.41. The summed E-state index contributed by atoms with van der Waals surface area (Å²) in [4.78, 5) is 13.0. The van der Waals surface area contributed by atoms with Crippen molar-refractivity contribution in [2.45, 2.75) is 16.8 Å². The second-order valence-corrected chi connectivity index (χ2v) is 10.4. The molecule has 2 aromatic carbocycles. The summed E-state index contributed by atoms with van der Waals surface area (Å²) in [6.45, 7) is 0. The number of methoxy groups -OCH3 is 1. The molecule has 0 spiro atoms. The van der Waals surface area contributed by atoms with Crippen LogP contribution in [0.5, 0.6) is 0 Å². The summed E-state index contributed by atoms with van der Waals surface area (Å²) >= 11 is 6.31. The largest absolute Gasteiger partial charge is 0.363 e. The van der Waals surface area contributed by atoms with Crippen LogP contribution in [0, 0.1) is 11.3 Å². The summed E-state index contributed by atoms with van der Waals surface area (Å²) in [5.74, 6) is -2.55. The highest BCUT2D eigenvalue weighted by Gasteiger charge is 2.43. The van der Waals surface area contributed by atoms with Gasteiger partial charge >= 0.3 is 0 Å². The predicted molar refractivity (Wildman–Crippen MR) is 139 cm³/mol. The standard InChI is InChI=1S/C26H18ClFN4O5S/c1-36-26(28)14-20(19-4-2-3-5-21(19)27)17(15-29)13-23(26)32-22-8-7-18(12-16(22)6-9-25(32)33)38(34,35)31-24-10-11-37-30-24/h2-14,23H,1H3,(H,30,31). The molecule has 2 heterocycles. The van der Waals surface area contributed by atoms with Crippen molar-refractivity contribution in [3.63, 3.8) is 0 Å². The van der Waals surface area contributed by atoms with Gasteiger partial charge in [-0.3, -0.25) is 14.1 Å². The molecule has 0 fully saturated rings. The van der Waals surface area contributed by atoms with E-state index in [2.05, 4.69) is 20.5 Å². The first-order valence-electron chi connectivity index (χ1n) is 11.1. The van der Waals surface area contributed by atoms with Gasteiger partial charge in [0.1, 0.15) is 12.3 Å². The lowest BCUT2D eigenvalue weighted by Gasteiger charge is -2.34. The third-order valence-electron chi connectivity index (χ3n) is 6.12. The smallest absolute Gasteiger partial charge is 0.263 e. The van der Waals surface area contributed by atoms with Crippen molar-refractivity contribution in [1.29, 1.82) is 5.26 Å². The molecule has 0 saturated heterocycles. The molecule has 9 nitrogen and oxygen atoms in total. The fourth-order valence-corrected chi connectivity index (χ4v) is 5.58.